The second-order valence-electron chi connectivity index (χ2n) is 4.31. The first-order valence-electron chi connectivity index (χ1n) is 5.62. The lowest BCUT2D eigenvalue weighted by molar-refractivity contribution is -0.0959. The van der Waals surface area contributed by atoms with Crippen molar-refractivity contribution in [1.82, 2.24) is 4.90 Å². The number of rotatable bonds is 4. The first kappa shape index (κ1) is 12.5. The van der Waals surface area contributed by atoms with Crippen LogP contribution in [0, 0.1) is 12.3 Å². The van der Waals surface area contributed by atoms with Crippen LogP contribution >= 0.6 is 0 Å². The number of nitrogens with zero attached hydrogens (tertiary/aromatic N) is 1. The van der Waals surface area contributed by atoms with E-state index < -0.39 is 6.10 Å². The Morgan fingerprint density at radius 2 is 2.33 bits per heavy atom. The van der Waals surface area contributed by atoms with Gasteiger partial charge in [0.25, 0.3) is 0 Å². The maximum Gasteiger partial charge on any atom is 0.0961 e. The Hall–Kier alpha value is -0.560. The third-order valence-corrected chi connectivity index (χ3v) is 2.87. The van der Waals surface area contributed by atoms with E-state index in [1.54, 1.807) is 0 Å². The molecule has 3 heteroatoms. The van der Waals surface area contributed by atoms with Crippen LogP contribution in [-0.4, -0.2) is 48.0 Å². The Morgan fingerprint density at radius 3 is 2.93 bits per heavy atom. The molecule has 0 aliphatic carbocycles. The zero-order valence-electron chi connectivity index (χ0n) is 9.65. The Kier molecular flexibility index (Phi) is 5.10. The van der Waals surface area contributed by atoms with E-state index in [9.17, 15) is 5.11 Å². The summed E-state index contributed by atoms with van der Waals surface area (Å²) in [5, 5.41) is 9.86. The summed E-state index contributed by atoms with van der Waals surface area (Å²) >= 11 is 0. The fourth-order valence-corrected chi connectivity index (χ4v) is 1.82. The van der Waals surface area contributed by atoms with Crippen LogP contribution in [0.5, 0.6) is 0 Å². The molecule has 2 atom stereocenters. The molecular formula is C12H21NO2. The van der Waals surface area contributed by atoms with E-state index in [4.69, 9.17) is 11.2 Å². The van der Waals surface area contributed by atoms with E-state index in [1.807, 2.05) is 0 Å². The molecule has 0 aromatic rings. The van der Waals surface area contributed by atoms with E-state index >= 15 is 0 Å². The SMILES string of the molecule is C#CCCC(O)C1CN(C(C)C)CCO1. The quantitative estimate of drug-likeness (QED) is 0.700. The molecule has 0 radical (unpaired) electrons. The summed E-state index contributed by atoms with van der Waals surface area (Å²) in [5.41, 5.74) is 0. The van der Waals surface area contributed by atoms with Crippen LogP contribution in [0.1, 0.15) is 26.7 Å². The summed E-state index contributed by atoms with van der Waals surface area (Å²) in [4.78, 5) is 2.33. The van der Waals surface area contributed by atoms with Crippen molar-refractivity contribution < 1.29 is 9.84 Å². The normalized spacial score (nSPS) is 25.1. The number of aliphatic hydroxyl groups excluding tert-OH is 1. The zero-order chi connectivity index (χ0) is 11.3. The minimum absolute atomic E-state index is 0.0745. The summed E-state index contributed by atoms with van der Waals surface area (Å²) in [6.45, 7) is 6.79. The lowest BCUT2D eigenvalue weighted by Gasteiger charge is -2.37. The number of hydrogen-bond acceptors (Lipinski definition) is 3. The lowest BCUT2D eigenvalue weighted by Crippen LogP contribution is -2.50. The highest BCUT2D eigenvalue weighted by Gasteiger charge is 2.27. The molecule has 15 heavy (non-hydrogen) atoms. The molecule has 1 rings (SSSR count). The lowest BCUT2D eigenvalue weighted by atomic mass is 10.1. The third-order valence-electron chi connectivity index (χ3n) is 2.87. The third kappa shape index (κ3) is 3.83. The molecule has 86 valence electrons. The van der Waals surface area contributed by atoms with Crippen molar-refractivity contribution in [2.45, 2.75) is 44.9 Å². The average Bonchev–Trinajstić information content (AvgIpc) is 2.26. The average molecular weight is 211 g/mol. The Morgan fingerprint density at radius 1 is 1.60 bits per heavy atom. The van der Waals surface area contributed by atoms with Crippen LogP contribution in [0.3, 0.4) is 0 Å². The van der Waals surface area contributed by atoms with Gasteiger partial charge >= 0.3 is 0 Å². The molecule has 1 N–H and O–H groups in total. The van der Waals surface area contributed by atoms with Crippen LogP contribution in [0.4, 0.5) is 0 Å². The van der Waals surface area contributed by atoms with Gasteiger partial charge in [-0.2, -0.15) is 0 Å². The van der Waals surface area contributed by atoms with E-state index in [1.165, 1.54) is 0 Å². The van der Waals surface area contributed by atoms with E-state index in [2.05, 4.69) is 24.7 Å². The molecule has 0 bridgehead atoms. The van der Waals surface area contributed by atoms with Gasteiger partial charge in [-0.3, -0.25) is 4.90 Å². The fraction of sp³-hybridized carbons (Fsp3) is 0.833. The molecule has 3 nitrogen and oxygen atoms in total. The van der Waals surface area contributed by atoms with Gasteiger partial charge in [0.1, 0.15) is 0 Å². The summed E-state index contributed by atoms with van der Waals surface area (Å²) in [6, 6.07) is 0.510. The number of ether oxygens (including phenoxy) is 1. The highest BCUT2D eigenvalue weighted by atomic mass is 16.5. The van der Waals surface area contributed by atoms with Crippen molar-refractivity contribution in [2.75, 3.05) is 19.7 Å². The van der Waals surface area contributed by atoms with Gasteiger partial charge < -0.3 is 9.84 Å². The molecule has 1 aliphatic heterocycles. The molecule has 1 aliphatic rings. The number of aliphatic hydroxyl groups is 1. The Balaban J connectivity index is 2.38. The summed E-state index contributed by atoms with van der Waals surface area (Å²) < 4.78 is 5.56. The van der Waals surface area contributed by atoms with Crippen molar-refractivity contribution in [3.05, 3.63) is 0 Å². The van der Waals surface area contributed by atoms with Gasteiger partial charge in [0, 0.05) is 25.6 Å². The van der Waals surface area contributed by atoms with Gasteiger partial charge in [-0.05, 0) is 20.3 Å². The van der Waals surface area contributed by atoms with Gasteiger partial charge in [0.15, 0.2) is 0 Å². The van der Waals surface area contributed by atoms with Crippen LogP contribution in [0.2, 0.25) is 0 Å². The van der Waals surface area contributed by atoms with Gasteiger partial charge in [0.05, 0.1) is 18.8 Å². The van der Waals surface area contributed by atoms with Crippen LogP contribution < -0.4 is 0 Å². The van der Waals surface area contributed by atoms with Crippen LogP contribution in [-0.2, 0) is 4.74 Å². The minimum Gasteiger partial charge on any atom is -0.390 e. The van der Waals surface area contributed by atoms with Gasteiger partial charge in [-0.25, -0.2) is 0 Å². The molecule has 0 spiro atoms. The van der Waals surface area contributed by atoms with Crippen molar-refractivity contribution in [2.24, 2.45) is 0 Å². The van der Waals surface area contributed by atoms with Crippen molar-refractivity contribution in [3.8, 4) is 12.3 Å². The first-order valence-corrected chi connectivity index (χ1v) is 5.62. The van der Waals surface area contributed by atoms with E-state index in [0.717, 1.165) is 13.1 Å². The summed E-state index contributed by atoms with van der Waals surface area (Å²) in [6.07, 6.45) is 5.91. The Bertz CT molecular complexity index is 222. The number of hydrogen-bond donors (Lipinski definition) is 1. The molecule has 1 fully saturated rings. The zero-order valence-corrected chi connectivity index (χ0v) is 9.65. The first-order chi connectivity index (χ1) is 7.15. The van der Waals surface area contributed by atoms with E-state index in [-0.39, 0.29) is 6.10 Å². The predicted molar refractivity (Wildman–Crippen MR) is 60.5 cm³/mol. The monoisotopic (exact) mass is 211 g/mol. The van der Waals surface area contributed by atoms with E-state index in [0.29, 0.717) is 25.5 Å². The topological polar surface area (TPSA) is 32.7 Å². The van der Waals surface area contributed by atoms with Gasteiger partial charge in [-0.15, -0.1) is 12.3 Å². The Labute approximate surface area is 92.4 Å². The molecular weight excluding hydrogens is 190 g/mol. The molecule has 0 amide bonds. The standard InChI is InChI=1S/C12H21NO2/c1-4-5-6-11(14)12-9-13(10(2)3)7-8-15-12/h1,10-12,14H,5-9H2,2-3H3. The maximum atomic E-state index is 9.86. The molecule has 1 saturated heterocycles. The molecule has 0 saturated carbocycles. The predicted octanol–water partition coefficient (Wildman–Crippen LogP) is 0.870. The fourth-order valence-electron chi connectivity index (χ4n) is 1.82. The number of terminal acetylenes is 1. The largest absolute Gasteiger partial charge is 0.390 e. The molecule has 1 heterocycles. The van der Waals surface area contributed by atoms with Crippen LogP contribution in [0.15, 0.2) is 0 Å². The van der Waals surface area contributed by atoms with Gasteiger partial charge in [-0.1, -0.05) is 0 Å². The summed E-state index contributed by atoms with van der Waals surface area (Å²) in [5.74, 6) is 2.54. The van der Waals surface area contributed by atoms with Crippen molar-refractivity contribution in [1.29, 1.82) is 0 Å². The molecule has 0 aromatic heterocycles. The maximum absolute atomic E-state index is 9.86. The summed E-state index contributed by atoms with van der Waals surface area (Å²) in [7, 11) is 0. The van der Waals surface area contributed by atoms with Gasteiger partial charge in [0.2, 0.25) is 0 Å². The highest BCUT2D eigenvalue weighted by molar-refractivity contribution is 4.87. The highest BCUT2D eigenvalue weighted by Crippen LogP contribution is 2.14. The molecule has 2 unspecified atom stereocenters. The second-order valence-corrected chi connectivity index (χ2v) is 4.31. The van der Waals surface area contributed by atoms with Crippen molar-refractivity contribution in [3.63, 3.8) is 0 Å². The van der Waals surface area contributed by atoms with Crippen molar-refractivity contribution >= 4 is 0 Å². The number of morpholine rings is 1. The minimum atomic E-state index is -0.428. The second kappa shape index (κ2) is 6.12. The van der Waals surface area contributed by atoms with Crippen LogP contribution in [0.25, 0.3) is 0 Å². The molecule has 0 aromatic carbocycles. The smallest absolute Gasteiger partial charge is 0.0961 e.